The van der Waals surface area contributed by atoms with Crippen LogP contribution in [0, 0.1) is 0 Å². The molecule has 0 fully saturated rings. The molecule has 0 N–H and O–H groups in total. The second-order valence-corrected chi connectivity index (χ2v) is 4.57. The molecule has 1 atom stereocenters. The molecule has 0 aromatic rings. The Bertz CT molecular complexity index is 181. The van der Waals surface area contributed by atoms with Crippen LogP contribution in [0.15, 0.2) is 12.3 Å². The Morgan fingerprint density at radius 1 is 0.944 bits per heavy atom. The summed E-state index contributed by atoms with van der Waals surface area (Å²) in [7, 11) is 3.34. The summed E-state index contributed by atoms with van der Waals surface area (Å²) in [5.74, 6) is 0. The van der Waals surface area contributed by atoms with Crippen molar-refractivity contribution in [3.63, 3.8) is 0 Å². The minimum Gasteiger partial charge on any atom is -0.499 e. The normalized spacial score (nSPS) is 13.1. The number of methoxy groups -OCH3 is 2. The van der Waals surface area contributed by atoms with Crippen molar-refractivity contribution in [1.29, 1.82) is 0 Å². The fourth-order valence-corrected chi connectivity index (χ4v) is 1.71. The Balaban J connectivity index is 3.27. The van der Waals surface area contributed by atoms with Gasteiger partial charge in [-0.25, -0.2) is 0 Å². The minimum absolute atomic E-state index is 0.0219. The van der Waals surface area contributed by atoms with E-state index in [9.17, 15) is 0 Å². The summed E-state index contributed by atoms with van der Waals surface area (Å²) in [4.78, 5) is 0. The van der Waals surface area contributed by atoms with Crippen molar-refractivity contribution in [1.82, 2.24) is 0 Å². The first kappa shape index (κ1) is 17.5. The summed E-state index contributed by atoms with van der Waals surface area (Å²) in [6, 6.07) is 0. The van der Waals surface area contributed by atoms with Crippen molar-refractivity contribution >= 4 is 0 Å². The third kappa shape index (κ3) is 11.9. The van der Waals surface area contributed by atoms with E-state index in [2.05, 4.69) is 13.0 Å². The highest BCUT2D eigenvalue weighted by atomic mass is 16.5. The van der Waals surface area contributed by atoms with E-state index in [1.165, 1.54) is 38.5 Å². The number of unbranched alkanes of at least 4 members (excludes halogenated alkanes) is 6. The smallest absolute Gasteiger partial charge is 0.116 e. The molecule has 0 heterocycles. The lowest BCUT2D eigenvalue weighted by Gasteiger charge is -2.12. The Labute approximate surface area is 112 Å². The van der Waals surface area contributed by atoms with Crippen molar-refractivity contribution in [2.75, 3.05) is 27.4 Å². The Morgan fingerprint density at radius 3 is 2.33 bits per heavy atom. The van der Waals surface area contributed by atoms with Crippen LogP contribution < -0.4 is 0 Å². The molecule has 0 aliphatic carbocycles. The largest absolute Gasteiger partial charge is 0.499 e. The quantitative estimate of drug-likeness (QED) is 0.370. The zero-order valence-corrected chi connectivity index (χ0v) is 12.3. The predicted molar refractivity (Wildman–Crippen MR) is 75.8 cm³/mol. The molecule has 0 bridgehead atoms. The molecule has 18 heavy (non-hydrogen) atoms. The van der Waals surface area contributed by atoms with Crippen LogP contribution in [-0.2, 0) is 14.2 Å². The van der Waals surface area contributed by atoms with E-state index < -0.39 is 0 Å². The molecule has 0 saturated carbocycles. The zero-order chi connectivity index (χ0) is 13.5. The van der Waals surface area contributed by atoms with Gasteiger partial charge in [-0.3, -0.25) is 0 Å². The van der Waals surface area contributed by atoms with Gasteiger partial charge in [-0.1, -0.05) is 39.0 Å². The first-order valence-electron chi connectivity index (χ1n) is 7.13. The van der Waals surface area contributed by atoms with Gasteiger partial charge in [0.05, 0.1) is 12.9 Å². The molecule has 0 aromatic heterocycles. The number of rotatable bonds is 13. The van der Waals surface area contributed by atoms with E-state index in [1.807, 2.05) is 0 Å². The van der Waals surface area contributed by atoms with Crippen molar-refractivity contribution in [2.45, 2.75) is 58.0 Å². The van der Waals surface area contributed by atoms with Crippen molar-refractivity contribution < 1.29 is 14.2 Å². The maximum absolute atomic E-state index is 5.40. The predicted octanol–water partition coefficient (Wildman–Crippen LogP) is 3.93. The van der Waals surface area contributed by atoms with Gasteiger partial charge in [0.15, 0.2) is 0 Å². The van der Waals surface area contributed by atoms with Crippen LogP contribution in [0.5, 0.6) is 0 Å². The third-order valence-electron chi connectivity index (χ3n) is 2.88. The van der Waals surface area contributed by atoms with Gasteiger partial charge in [-0.05, 0) is 18.9 Å². The Hall–Kier alpha value is -0.540. The average molecular weight is 258 g/mol. The van der Waals surface area contributed by atoms with Crippen LogP contribution >= 0.6 is 0 Å². The highest BCUT2D eigenvalue weighted by Crippen LogP contribution is 2.07. The molecule has 0 aliphatic rings. The molecule has 0 saturated heterocycles. The molecule has 3 heteroatoms. The summed E-state index contributed by atoms with van der Waals surface area (Å²) in [6.45, 7) is 3.37. The van der Waals surface area contributed by atoms with Gasteiger partial charge in [0.1, 0.15) is 12.7 Å². The molecule has 3 nitrogen and oxygen atoms in total. The van der Waals surface area contributed by atoms with Gasteiger partial charge >= 0.3 is 0 Å². The van der Waals surface area contributed by atoms with Gasteiger partial charge in [-0.15, -0.1) is 0 Å². The van der Waals surface area contributed by atoms with Crippen LogP contribution in [0.2, 0.25) is 0 Å². The van der Waals surface area contributed by atoms with Gasteiger partial charge in [-0.2, -0.15) is 0 Å². The fraction of sp³-hybridized carbons (Fsp3) is 0.867. The summed E-state index contributed by atoms with van der Waals surface area (Å²) in [5.41, 5.74) is 0. The van der Waals surface area contributed by atoms with E-state index in [-0.39, 0.29) is 6.10 Å². The monoisotopic (exact) mass is 258 g/mol. The molecule has 0 amide bonds. The lowest BCUT2D eigenvalue weighted by molar-refractivity contribution is -0.00937. The van der Waals surface area contributed by atoms with Crippen LogP contribution in [0.3, 0.4) is 0 Å². The van der Waals surface area contributed by atoms with E-state index in [1.54, 1.807) is 20.5 Å². The molecule has 0 rings (SSSR count). The highest BCUT2D eigenvalue weighted by molar-refractivity contribution is 4.73. The fourth-order valence-electron chi connectivity index (χ4n) is 1.71. The SMILES string of the molecule is CCCCCCCC/C=C\OCC(COC)OC. The molecular weight excluding hydrogens is 228 g/mol. The van der Waals surface area contributed by atoms with Gasteiger partial charge < -0.3 is 14.2 Å². The topological polar surface area (TPSA) is 27.7 Å². The lowest BCUT2D eigenvalue weighted by Crippen LogP contribution is -2.22. The first-order valence-corrected chi connectivity index (χ1v) is 7.13. The second-order valence-electron chi connectivity index (χ2n) is 4.57. The Morgan fingerprint density at radius 2 is 1.67 bits per heavy atom. The summed E-state index contributed by atoms with van der Waals surface area (Å²) in [6.07, 6.45) is 13.0. The van der Waals surface area contributed by atoms with Crippen molar-refractivity contribution in [3.05, 3.63) is 12.3 Å². The summed E-state index contributed by atoms with van der Waals surface area (Å²) in [5, 5.41) is 0. The van der Waals surface area contributed by atoms with Crippen molar-refractivity contribution in [3.8, 4) is 0 Å². The molecule has 0 spiro atoms. The maximum atomic E-state index is 5.40. The van der Waals surface area contributed by atoms with E-state index in [0.717, 1.165) is 6.42 Å². The molecule has 0 aromatic carbocycles. The average Bonchev–Trinajstić information content (AvgIpc) is 2.39. The van der Waals surface area contributed by atoms with Gasteiger partial charge in [0.2, 0.25) is 0 Å². The number of ether oxygens (including phenoxy) is 3. The van der Waals surface area contributed by atoms with Crippen LogP contribution in [-0.4, -0.2) is 33.5 Å². The zero-order valence-electron chi connectivity index (χ0n) is 12.3. The van der Waals surface area contributed by atoms with Crippen LogP contribution in [0.4, 0.5) is 0 Å². The van der Waals surface area contributed by atoms with Crippen LogP contribution in [0.1, 0.15) is 51.9 Å². The molecular formula is C15H30O3. The molecule has 108 valence electrons. The number of hydrogen-bond donors (Lipinski definition) is 0. The lowest BCUT2D eigenvalue weighted by atomic mass is 10.1. The van der Waals surface area contributed by atoms with E-state index in [0.29, 0.717) is 13.2 Å². The van der Waals surface area contributed by atoms with E-state index in [4.69, 9.17) is 14.2 Å². The van der Waals surface area contributed by atoms with Crippen LogP contribution in [0.25, 0.3) is 0 Å². The third-order valence-corrected chi connectivity index (χ3v) is 2.88. The maximum Gasteiger partial charge on any atom is 0.116 e. The second kappa shape index (κ2) is 14.5. The minimum atomic E-state index is 0.0219. The van der Waals surface area contributed by atoms with E-state index >= 15 is 0 Å². The number of hydrogen-bond acceptors (Lipinski definition) is 3. The van der Waals surface area contributed by atoms with Gasteiger partial charge in [0, 0.05) is 14.2 Å². The Kier molecular flexibility index (Phi) is 14.1. The molecule has 0 radical (unpaired) electrons. The highest BCUT2D eigenvalue weighted by Gasteiger charge is 2.05. The van der Waals surface area contributed by atoms with Crippen molar-refractivity contribution in [2.24, 2.45) is 0 Å². The molecule has 1 unspecified atom stereocenters. The summed E-state index contributed by atoms with van der Waals surface area (Å²) < 4.78 is 15.6. The van der Waals surface area contributed by atoms with Gasteiger partial charge in [0.25, 0.3) is 0 Å². The number of allylic oxidation sites excluding steroid dienone is 1. The molecule has 0 aliphatic heterocycles. The first-order chi connectivity index (χ1) is 8.85. The standard InChI is InChI=1S/C15H30O3/c1-4-5-6-7-8-9-10-11-12-18-14-15(17-3)13-16-2/h11-12,15H,4-10,13-14H2,1-3H3/b12-11-. The summed E-state index contributed by atoms with van der Waals surface area (Å²) >= 11 is 0.